The smallest absolute Gasteiger partial charge is 0.161 e. The predicted molar refractivity (Wildman–Crippen MR) is 66.8 cm³/mol. The summed E-state index contributed by atoms with van der Waals surface area (Å²) in [7, 11) is 0. The van der Waals surface area contributed by atoms with Crippen LogP contribution in [-0.2, 0) is 6.42 Å². The first-order chi connectivity index (χ1) is 7.70. The molecule has 5 heteroatoms. The Morgan fingerprint density at radius 1 is 1.31 bits per heavy atom. The van der Waals surface area contributed by atoms with Gasteiger partial charge in [0.1, 0.15) is 0 Å². The SMILES string of the molecule is O=Cc1cnc(Cc2c(Cl)cccc2Cl)s1. The molecule has 0 spiro atoms. The first-order valence-corrected chi connectivity index (χ1v) is 6.10. The molecule has 1 aromatic carbocycles. The summed E-state index contributed by atoms with van der Waals surface area (Å²) in [5.41, 5.74) is 0.845. The van der Waals surface area contributed by atoms with E-state index in [1.165, 1.54) is 11.3 Å². The zero-order valence-corrected chi connectivity index (χ0v) is 10.4. The number of carbonyl (C=O) groups is 1. The van der Waals surface area contributed by atoms with Crippen LogP contribution in [0.25, 0.3) is 0 Å². The fourth-order valence-electron chi connectivity index (χ4n) is 1.31. The van der Waals surface area contributed by atoms with Crippen LogP contribution in [0.4, 0.5) is 0 Å². The normalized spacial score (nSPS) is 10.4. The number of hydrogen-bond donors (Lipinski definition) is 0. The molecule has 0 N–H and O–H groups in total. The average Bonchev–Trinajstić information content (AvgIpc) is 2.71. The number of benzene rings is 1. The van der Waals surface area contributed by atoms with Crippen LogP contribution >= 0.6 is 34.5 Å². The fraction of sp³-hybridized carbons (Fsp3) is 0.0909. The van der Waals surface area contributed by atoms with Crippen LogP contribution < -0.4 is 0 Å². The number of thiazole rings is 1. The van der Waals surface area contributed by atoms with Crippen molar-refractivity contribution < 1.29 is 4.79 Å². The number of carbonyl (C=O) groups excluding carboxylic acids is 1. The monoisotopic (exact) mass is 271 g/mol. The molecule has 2 nitrogen and oxygen atoms in total. The highest BCUT2D eigenvalue weighted by Gasteiger charge is 2.09. The number of hydrogen-bond acceptors (Lipinski definition) is 3. The van der Waals surface area contributed by atoms with Gasteiger partial charge in [-0.15, -0.1) is 11.3 Å². The Morgan fingerprint density at radius 2 is 2.00 bits per heavy atom. The van der Waals surface area contributed by atoms with E-state index in [0.717, 1.165) is 16.9 Å². The highest BCUT2D eigenvalue weighted by molar-refractivity contribution is 7.13. The fourth-order valence-corrected chi connectivity index (χ4v) is 2.59. The molecule has 2 aromatic rings. The Hall–Kier alpha value is -0.900. The number of aldehydes is 1. The van der Waals surface area contributed by atoms with E-state index in [0.29, 0.717) is 21.3 Å². The highest BCUT2D eigenvalue weighted by Crippen LogP contribution is 2.27. The topological polar surface area (TPSA) is 30.0 Å². The lowest BCUT2D eigenvalue weighted by Crippen LogP contribution is -1.89. The van der Waals surface area contributed by atoms with Crippen LogP contribution in [0.1, 0.15) is 20.2 Å². The second kappa shape index (κ2) is 4.95. The molecule has 1 aromatic heterocycles. The molecule has 0 atom stereocenters. The van der Waals surface area contributed by atoms with E-state index in [1.807, 2.05) is 0 Å². The number of rotatable bonds is 3. The maximum atomic E-state index is 10.5. The molecule has 0 unspecified atom stereocenters. The van der Waals surface area contributed by atoms with Crippen LogP contribution in [-0.4, -0.2) is 11.3 Å². The van der Waals surface area contributed by atoms with Gasteiger partial charge >= 0.3 is 0 Å². The number of halogens is 2. The predicted octanol–water partition coefficient (Wildman–Crippen LogP) is 3.85. The van der Waals surface area contributed by atoms with Crippen LogP contribution in [0, 0.1) is 0 Å². The zero-order valence-electron chi connectivity index (χ0n) is 8.11. The molecule has 0 fully saturated rings. The van der Waals surface area contributed by atoms with Gasteiger partial charge in [0.25, 0.3) is 0 Å². The third-order valence-electron chi connectivity index (χ3n) is 2.08. The molecule has 1 heterocycles. The van der Waals surface area contributed by atoms with E-state index in [2.05, 4.69) is 4.98 Å². The van der Waals surface area contributed by atoms with Crippen molar-refractivity contribution in [3.63, 3.8) is 0 Å². The summed E-state index contributed by atoms with van der Waals surface area (Å²) in [5.74, 6) is 0. The van der Waals surface area contributed by atoms with Gasteiger partial charge < -0.3 is 0 Å². The number of aromatic nitrogens is 1. The van der Waals surface area contributed by atoms with Crippen molar-refractivity contribution in [2.24, 2.45) is 0 Å². The van der Waals surface area contributed by atoms with Gasteiger partial charge in [0.2, 0.25) is 0 Å². The van der Waals surface area contributed by atoms with Crippen molar-refractivity contribution in [1.82, 2.24) is 4.98 Å². The Kier molecular flexibility index (Phi) is 3.59. The summed E-state index contributed by atoms with van der Waals surface area (Å²) >= 11 is 13.4. The maximum absolute atomic E-state index is 10.5. The van der Waals surface area contributed by atoms with E-state index < -0.39 is 0 Å². The van der Waals surface area contributed by atoms with Gasteiger partial charge in [-0.2, -0.15) is 0 Å². The lowest BCUT2D eigenvalue weighted by atomic mass is 10.1. The first-order valence-electron chi connectivity index (χ1n) is 4.53. The lowest BCUT2D eigenvalue weighted by Gasteiger charge is -2.03. The molecule has 0 saturated carbocycles. The van der Waals surface area contributed by atoms with Crippen molar-refractivity contribution in [3.05, 3.63) is 49.9 Å². The van der Waals surface area contributed by atoms with Gasteiger partial charge in [-0.1, -0.05) is 29.3 Å². The van der Waals surface area contributed by atoms with Crippen molar-refractivity contribution >= 4 is 40.8 Å². The zero-order chi connectivity index (χ0) is 11.5. The molecule has 0 aliphatic heterocycles. The second-order valence-corrected chi connectivity index (χ2v) is 5.11. The molecule has 16 heavy (non-hydrogen) atoms. The summed E-state index contributed by atoms with van der Waals surface area (Å²) in [5, 5.41) is 2.07. The second-order valence-electron chi connectivity index (χ2n) is 3.15. The molecule has 0 aliphatic rings. The Bertz CT molecular complexity index is 504. The van der Waals surface area contributed by atoms with Gasteiger partial charge in [-0.05, 0) is 17.7 Å². The molecule has 2 rings (SSSR count). The van der Waals surface area contributed by atoms with Crippen LogP contribution in [0.2, 0.25) is 10.0 Å². The van der Waals surface area contributed by atoms with Gasteiger partial charge in [-0.3, -0.25) is 4.79 Å². The minimum atomic E-state index is 0.553. The summed E-state index contributed by atoms with van der Waals surface area (Å²) < 4.78 is 0. The van der Waals surface area contributed by atoms with Crippen LogP contribution in [0.15, 0.2) is 24.4 Å². The largest absolute Gasteiger partial charge is 0.297 e. The summed E-state index contributed by atoms with van der Waals surface area (Å²) in [4.78, 5) is 15.3. The molecule has 0 bridgehead atoms. The van der Waals surface area contributed by atoms with Crippen molar-refractivity contribution in [1.29, 1.82) is 0 Å². The summed E-state index contributed by atoms with van der Waals surface area (Å²) in [6.45, 7) is 0. The van der Waals surface area contributed by atoms with Gasteiger partial charge in [0, 0.05) is 22.7 Å². The quantitative estimate of drug-likeness (QED) is 0.794. The molecular weight excluding hydrogens is 265 g/mol. The van der Waals surface area contributed by atoms with Gasteiger partial charge in [0.05, 0.1) is 9.88 Å². The standard InChI is InChI=1S/C11H7Cl2NOS/c12-9-2-1-3-10(13)8(9)4-11-14-5-7(6-15)16-11/h1-3,5-6H,4H2. The van der Waals surface area contributed by atoms with Crippen molar-refractivity contribution in [2.45, 2.75) is 6.42 Å². The van der Waals surface area contributed by atoms with Crippen molar-refractivity contribution in [3.8, 4) is 0 Å². The molecule has 0 saturated heterocycles. The van der Waals surface area contributed by atoms with Crippen molar-refractivity contribution in [2.75, 3.05) is 0 Å². The first kappa shape index (κ1) is 11.6. The summed E-state index contributed by atoms with van der Waals surface area (Å²) in [6, 6.07) is 5.38. The molecule has 0 aliphatic carbocycles. The minimum absolute atomic E-state index is 0.553. The Labute approximate surface area is 107 Å². The molecule has 0 amide bonds. The molecular formula is C11H7Cl2NOS. The average molecular weight is 272 g/mol. The van der Waals surface area contributed by atoms with Crippen LogP contribution in [0.3, 0.4) is 0 Å². The number of nitrogens with zero attached hydrogens (tertiary/aromatic N) is 1. The summed E-state index contributed by atoms with van der Waals surface area (Å²) in [6.07, 6.45) is 2.89. The van der Waals surface area contributed by atoms with Gasteiger partial charge in [0.15, 0.2) is 6.29 Å². The maximum Gasteiger partial charge on any atom is 0.161 e. The van der Waals surface area contributed by atoms with Crippen LogP contribution in [0.5, 0.6) is 0 Å². The third kappa shape index (κ3) is 2.43. The van der Waals surface area contributed by atoms with E-state index in [-0.39, 0.29) is 0 Å². The van der Waals surface area contributed by atoms with E-state index in [4.69, 9.17) is 23.2 Å². The van der Waals surface area contributed by atoms with E-state index in [1.54, 1.807) is 24.4 Å². The van der Waals surface area contributed by atoms with E-state index >= 15 is 0 Å². The minimum Gasteiger partial charge on any atom is -0.297 e. The lowest BCUT2D eigenvalue weighted by molar-refractivity contribution is 0.112. The Morgan fingerprint density at radius 3 is 2.56 bits per heavy atom. The molecule has 0 radical (unpaired) electrons. The molecule has 82 valence electrons. The third-order valence-corrected chi connectivity index (χ3v) is 3.71. The van der Waals surface area contributed by atoms with E-state index in [9.17, 15) is 4.79 Å². The Balaban J connectivity index is 2.29. The van der Waals surface area contributed by atoms with Gasteiger partial charge in [-0.25, -0.2) is 4.98 Å². The highest BCUT2D eigenvalue weighted by atomic mass is 35.5.